The maximum Gasteiger partial charge on any atom is 0.0320 e. The van der Waals surface area contributed by atoms with Crippen LogP contribution in [0.25, 0.3) is 0 Å². The fourth-order valence-electron chi connectivity index (χ4n) is 2.18. The second-order valence-corrected chi connectivity index (χ2v) is 4.66. The Kier molecular flexibility index (Phi) is 3.42. The van der Waals surface area contributed by atoms with Crippen LogP contribution in [0.2, 0.25) is 0 Å². The monoisotopic (exact) mass is 203 g/mol. The average Bonchev–Trinajstić information content (AvgIpc) is 3.10. The van der Waals surface area contributed by atoms with Gasteiger partial charge < -0.3 is 5.32 Å². The highest BCUT2D eigenvalue weighted by molar-refractivity contribution is 5.18. The molecule has 1 aromatic carbocycles. The summed E-state index contributed by atoms with van der Waals surface area (Å²) in [5.41, 5.74) is 1.42. The smallest absolute Gasteiger partial charge is 0.0320 e. The Morgan fingerprint density at radius 1 is 1.27 bits per heavy atom. The van der Waals surface area contributed by atoms with Crippen LogP contribution in [-0.2, 0) is 0 Å². The molecule has 0 aliphatic heterocycles. The van der Waals surface area contributed by atoms with Crippen LogP contribution in [-0.4, -0.2) is 6.04 Å². The lowest BCUT2D eigenvalue weighted by atomic mass is 10.0. The van der Waals surface area contributed by atoms with E-state index in [1.807, 2.05) is 0 Å². The number of benzene rings is 1. The molecule has 1 saturated carbocycles. The van der Waals surface area contributed by atoms with E-state index in [1.54, 1.807) is 0 Å². The first-order valence-corrected chi connectivity index (χ1v) is 6.12. The summed E-state index contributed by atoms with van der Waals surface area (Å²) in [5, 5.41) is 3.74. The molecule has 1 heteroatoms. The molecule has 0 bridgehead atoms. The number of rotatable bonds is 5. The van der Waals surface area contributed by atoms with E-state index in [4.69, 9.17) is 0 Å². The molecule has 82 valence electrons. The lowest BCUT2D eigenvalue weighted by molar-refractivity contribution is 0.414. The molecule has 0 radical (unpaired) electrons. The van der Waals surface area contributed by atoms with Gasteiger partial charge in [0.2, 0.25) is 0 Å². The van der Waals surface area contributed by atoms with Gasteiger partial charge >= 0.3 is 0 Å². The van der Waals surface area contributed by atoms with Crippen molar-refractivity contribution < 1.29 is 0 Å². The lowest BCUT2D eigenvalue weighted by Gasteiger charge is -2.22. The molecule has 0 saturated heterocycles. The summed E-state index contributed by atoms with van der Waals surface area (Å²) in [7, 11) is 0. The Hall–Kier alpha value is -0.820. The lowest BCUT2D eigenvalue weighted by Crippen LogP contribution is -2.31. The van der Waals surface area contributed by atoms with Gasteiger partial charge in [0.25, 0.3) is 0 Å². The number of nitrogens with one attached hydrogen (secondary N) is 1. The van der Waals surface area contributed by atoms with Crippen molar-refractivity contribution in [1.29, 1.82) is 0 Å². The Bertz CT molecular complexity index is 289. The van der Waals surface area contributed by atoms with Gasteiger partial charge in [-0.05, 0) is 37.7 Å². The fraction of sp³-hybridized carbons (Fsp3) is 0.571. The summed E-state index contributed by atoms with van der Waals surface area (Å²) in [4.78, 5) is 0. The normalized spacial score (nSPS) is 19.9. The van der Waals surface area contributed by atoms with E-state index in [2.05, 4.69) is 49.5 Å². The third-order valence-corrected chi connectivity index (χ3v) is 3.40. The first kappa shape index (κ1) is 10.7. The highest BCUT2D eigenvalue weighted by Gasteiger charge is 2.29. The molecule has 15 heavy (non-hydrogen) atoms. The molecule has 1 fully saturated rings. The van der Waals surface area contributed by atoms with Gasteiger partial charge in [-0.25, -0.2) is 0 Å². The predicted octanol–water partition coefficient (Wildman–Crippen LogP) is 3.53. The predicted molar refractivity (Wildman–Crippen MR) is 64.8 cm³/mol. The van der Waals surface area contributed by atoms with Gasteiger partial charge in [-0.1, -0.05) is 37.3 Å². The molecular weight excluding hydrogens is 182 g/mol. The summed E-state index contributed by atoms with van der Waals surface area (Å²) in [5.74, 6) is 0.933. The molecule has 2 rings (SSSR count). The van der Waals surface area contributed by atoms with Crippen LogP contribution in [0.4, 0.5) is 0 Å². The molecule has 1 aromatic rings. The zero-order valence-electron chi connectivity index (χ0n) is 9.74. The van der Waals surface area contributed by atoms with Crippen LogP contribution in [0.5, 0.6) is 0 Å². The third kappa shape index (κ3) is 2.82. The minimum absolute atomic E-state index is 0.529. The Balaban J connectivity index is 1.97. The van der Waals surface area contributed by atoms with Crippen LogP contribution in [0.1, 0.15) is 44.7 Å². The van der Waals surface area contributed by atoms with Crippen molar-refractivity contribution in [3.63, 3.8) is 0 Å². The molecule has 1 N–H and O–H groups in total. The summed E-state index contributed by atoms with van der Waals surface area (Å²) in [6.07, 6.45) is 4.00. The first-order chi connectivity index (χ1) is 7.31. The molecule has 1 nitrogen and oxygen atoms in total. The average molecular weight is 203 g/mol. The molecule has 1 aliphatic rings. The minimum Gasteiger partial charge on any atom is -0.307 e. The van der Waals surface area contributed by atoms with Crippen molar-refractivity contribution in [2.45, 2.75) is 45.2 Å². The van der Waals surface area contributed by atoms with Crippen LogP contribution < -0.4 is 5.32 Å². The highest BCUT2D eigenvalue weighted by Crippen LogP contribution is 2.33. The van der Waals surface area contributed by atoms with E-state index < -0.39 is 0 Å². The van der Waals surface area contributed by atoms with Crippen LogP contribution >= 0.6 is 0 Å². The van der Waals surface area contributed by atoms with E-state index in [-0.39, 0.29) is 0 Å². The maximum absolute atomic E-state index is 3.74. The van der Waals surface area contributed by atoms with E-state index in [9.17, 15) is 0 Å². The Morgan fingerprint density at radius 3 is 2.47 bits per heavy atom. The topological polar surface area (TPSA) is 12.0 Å². The second kappa shape index (κ2) is 4.80. The molecule has 0 heterocycles. The molecule has 2 unspecified atom stereocenters. The van der Waals surface area contributed by atoms with Crippen LogP contribution in [0.15, 0.2) is 30.3 Å². The molecule has 0 aromatic heterocycles. The van der Waals surface area contributed by atoms with Crippen molar-refractivity contribution >= 4 is 0 Å². The van der Waals surface area contributed by atoms with Crippen molar-refractivity contribution in [2.75, 3.05) is 0 Å². The van der Waals surface area contributed by atoms with Gasteiger partial charge in [0.15, 0.2) is 0 Å². The molecule has 0 amide bonds. The van der Waals surface area contributed by atoms with E-state index in [1.165, 1.54) is 24.8 Å². The number of hydrogen-bond donors (Lipinski definition) is 1. The van der Waals surface area contributed by atoms with Gasteiger partial charge in [0.1, 0.15) is 0 Å². The summed E-state index contributed by atoms with van der Waals surface area (Å²) in [6, 6.07) is 12.0. The number of hydrogen-bond acceptors (Lipinski definition) is 1. The van der Waals surface area contributed by atoms with Crippen molar-refractivity contribution in [1.82, 2.24) is 5.32 Å². The zero-order chi connectivity index (χ0) is 10.7. The zero-order valence-corrected chi connectivity index (χ0v) is 9.74. The SMILES string of the molecule is CCC(NC(C)C1CC1)c1ccccc1. The molecule has 0 spiro atoms. The van der Waals surface area contributed by atoms with E-state index in [0.29, 0.717) is 12.1 Å². The van der Waals surface area contributed by atoms with E-state index >= 15 is 0 Å². The van der Waals surface area contributed by atoms with Crippen molar-refractivity contribution in [2.24, 2.45) is 5.92 Å². The molecule has 1 aliphatic carbocycles. The van der Waals surface area contributed by atoms with Crippen LogP contribution in [0, 0.1) is 5.92 Å². The maximum atomic E-state index is 3.74. The summed E-state index contributed by atoms with van der Waals surface area (Å²) in [6.45, 7) is 4.58. The summed E-state index contributed by atoms with van der Waals surface area (Å²) < 4.78 is 0. The largest absolute Gasteiger partial charge is 0.307 e. The Morgan fingerprint density at radius 2 is 1.93 bits per heavy atom. The quantitative estimate of drug-likeness (QED) is 0.772. The standard InChI is InChI=1S/C14H21N/c1-3-14(13-7-5-4-6-8-13)15-11(2)12-9-10-12/h4-8,11-12,14-15H,3,9-10H2,1-2H3. The Labute approximate surface area is 92.9 Å². The van der Waals surface area contributed by atoms with Crippen molar-refractivity contribution in [3.05, 3.63) is 35.9 Å². The third-order valence-electron chi connectivity index (χ3n) is 3.40. The van der Waals surface area contributed by atoms with Gasteiger partial charge in [0, 0.05) is 12.1 Å². The fourth-order valence-corrected chi connectivity index (χ4v) is 2.18. The van der Waals surface area contributed by atoms with Gasteiger partial charge in [0.05, 0.1) is 0 Å². The summed E-state index contributed by atoms with van der Waals surface area (Å²) >= 11 is 0. The first-order valence-electron chi connectivity index (χ1n) is 6.12. The van der Waals surface area contributed by atoms with Crippen molar-refractivity contribution in [3.8, 4) is 0 Å². The minimum atomic E-state index is 0.529. The highest BCUT2D eigenvalue weighted by atomic mass is 15.0. The van der Waals surface area contributed by atoms with Gasteiger partial charge in [-0.2, -0.15) is 0 Å². The molecule has 2 atom stereocenters. The van der Waals surface area contributed by atoms with Gasteiger partial charge in [-0.15, -0.1) is 0 Å². The van der Waals surface area contributed by atoms with Crippen LogP contribution in [0.3, 0.4) is 0 Å². The van der Waals surface area contributed by atoms with Gasteiger partial charge in [-0.3, -0.25) is 0 Å². The van der Waals surface area contributed by atoms with E-state index in [0.717, 1.165) is 5.92 Å². The second-order valence-electron chi connectivity index (χ2n) is 4.66. The molecular formula is C14H21N.